The Bertz CT molecular complexity index is 1040. The molecule has 0 bridgehead atoms. The van der Waals surface area contributed by atoms with E-state index in [2.05, 4.69) is 16.4 Å². The molecule has 2 amide bonds. The second kappa shape index (κ2) is 7.38. The summed E-state index contributed by atoms with van der Waals surface area (Å²) in [5.74, 6) is 0.230. The summed E-state index contributed by atoms with van der Waals surface area (Å²) in [5.41, 5.74) is 2.96. The lowest BCUT2D eigenvalue weighted by Crippen LogP contribution is -2.58. The van der Waals surface area contributed by atoms with Crippen LogP contribution in [-0.2, 0) is 11.8 Å². The zero-order valence-electron chi connectivity index (χ0n) is 17.2. The number of H-pyrrole nitrogens is 1. The average Bonchev–Trinajstić information content (AvgIpc) is 3.23. The van der Waals surface area contributed by atoms with Crippen molar-refractivity contribution < 1.29 is 14.2 Å². The second-order valence-corrected chi connectivity index (χ2v) is 9.02. The van der Waals surface area contributed by atoms with Gasteiger partial charge in [-0.2, -0.15) is 5.26 Å². The van der Waals surface area contributed by atoms with E-state index in [4.69, 9.17) is 10.2 Å². The van der Waals surface area contributed by atoms with Crippen molar-refractivity contribution in [3.8, 4) is 6.07 Å². The third kappa shape index (κ3) is 3.32. The number of nitriles is 1. The summed E-state index contributed by atoms with van der Waals surface area (Å²) in [6.45, 7) is 0.924. The monoisotopic (exact) mass is 407 g/mol. The Morgan fingerprint density at radius 2 is 2.03 bits per heavy atom. The standard InChI is InChI=1S/C22H26N6O2/c1-27-12-17(14-6-7-14)25-19-16(9-24-20(19)27)21(29)26-18(15-4-2-3-5-15)22(30)28-10-13(8-23)11-28/h9,12-15,18H,2-7,10-11H2,1H3,(H,26,29)/p+1. The molecule has 1 unspecified atom stereocenters. The number of fused-ring (bicyclic) bond motifs is 1. The van der Waals surface area contributed by atoms with Crippen LogP contribution < -0.4 is 9.88 Å². The van der Waals surface area contributed by atoms with Gasteiger partial charge in [-0.15, -0.1) is 0 Å². The van der Waals surface area contributed by atoms with Crippen molar-refractivity contribution in [1.29, 1.82) is 5.26 Å². The van der Waals surface area contributed by atoms with Crippen LogP contribution in [0.2, 0.25) is 0 Å². The van der Waals surface area contributed by atoms with Gasteiger partial charge in [0.05, 0.1) is 24.7 Å². The summed E-state index contributed by atoms with van der Waals surface area (Å²) in [6, 6.07) is 1.67. The molecule has 2 aliphatic carbocycles. The lowest BCUT2D eigenvalue weighted by molar-refractivity contribution is -0.647. The average molecular weight is 407 g/mol. The van der Waals surface area contributed by atoms with Crippen LogP contribution in [0.4, 0.5) is 0 Å². The molecule has 2 N–H and O–H groups in total. The van der Waals surface area contributed by atoms with E-state index >= 15 is 0 Å². The smallest absolute Gasteiger partial charge is 0.306 e. The molecule has 3 heterocycles. The molecule has 0 aromatic carbocycles. The number of amides is 2. The van der Waals surface area contributed by atoms with E-state index in [1.165, 1.54) is 0 Å². The molecule has 1 aliphatic heterocycles. The minimum Gasteiger partial charge on any atom is -0.340 e. The summed E-state index contributed by atoms with van der Waals surface area (Å²) in [5, 5.41) is 12.1. The highest BCUT2D eigenvalue weighted by Crippen LogP contribution is 2.39. The molecule has 1 saturated heterocycles. The van der Waals surface area contributed by atoms with Gasteiger partial charge in [0.2, 0.25) is 5.91 Å². The Hall–Kier alpha value is -2.95. The van der Waals surface area contributed by atoms with E-state index in [0.717, 1.165) is 49.9 Å². The first-order valence-corrected chi connectivity index (χ1v) is 10.9. The third-order valence-electron chi connectivity index (χ3n) is 6.79. The van der Waals surface area contributed by atoms with Crippen molar-refractivity contribution in [2.75, 3.05) is 13.1 Å². The van der Waals surface area contributed by atoms with Crippen LogP contribution in [0.3, 0.4) is 0 Å². The molecular weight excluding hydrogens is 380 g/mol. The van der Waals surface area contributed by atoms with E-state index in [1.54, 1.807) is 11.1 Å². The number of aromatic amines is 1. The SMILES string of the molecule is C[n+]1cc(C2CC2)nc2c(C(=O)NC(C(=O)N3CC(C#N)C3)C3CCCC3)c[nH]c21. The molecule has 3 aliphatic rings. The molecule has 0 radical (unpaired) electrons. The first kappa shape index (κ1) is 19.0. The van der Waals surface area contributed by atoms with Gasteiger partial charge in [0.25, 0.3) is 5.91 Å². The molecule has 3 fully saturated rings. The second-order valence-electron chi connectivity index (χ2n) is 9.02. The third-order valence-corrected chi connectivity index (χ3v) is 6.79. The number of rotatable bonds is 5. The summed E-state index contributed by atoms with van der Waals surface area (Å²) >= 11 is 0. The highest BCUT2D eigenvalue weighted by atomic mass is 16.2. The Morgan fingerprint density at radius 1 is 1.30 bits per heavy atom. The fraction of sp³-hybridized carbons (Fsp3) is 0.591. The zero-order chi connectivity index (χ0) is 20.8. The zero-order valence-corrected chi connectivity index (χ0v) is 17.2. The molecule has 2 aromatic rings. The number of aryl methyl sites for hydroxylation is 1. The van der Waals surface area contributed by atoms with Crippen molar-refractivity contribution in [2.24, 2.45) is 18.9 Å². The summed E-state index contributed by atoms with van der Waals surface area (Å²) in [4.78, 5) is 36.0. The Balaban J connectivity index is 1.40. The van der Waals surface area contributed by atoms with Crippen molar-refractivity contribution in [1.82, 2.24) is 20.2 Å². The maximum atomic E-state index is 13.2. The predicted octanol–water partition coefficient (Wildman–Crippen LogP) is 1.54. The van der Waals surface area contributed by atoms with Gasteiger partial charge in [0, 0.05) is 19.0 Å². The van der Waals surface area contributed by atoms with Gasteiger partial charge < -0.3 is 10.2 Å². The molecule has 2 aromatic heterocycles. The van der Waals surface area contributed by atoms with Crippen molar-refractivity contribution >= 4 is 23.0 Å². The van der Waals surface area contributed by atoms with E-state index < -0.39 is 6.04 Å². The van der Waals surface area contributed by atoms with E-state index in [1.807, 2.05) is 17.8 Å². The van der Waals surface area contributed by atoms with Crippen LogP contribution in [0, 0.1) is 23.2 Å². The van der Waals surface area contributed by atoms with Gasteiger partial charge in [0.15, 0.2) is 5.52 Å². The maximum absolute atomic E-state index is 13.2. The largest absolute Gasteiger partial charge is 0.340 e. The van der Waals surface area contributed by atoms with Gasteiger partial charge in [-0.3, -0.25) is 9.59 Å². The van der Waals surface area contributed by atoms with E-state index in [0.29, 0.717) is 30.1 Å². The molecule has 8 heteroatoms. The van der Waals surface area contributed by atoms with Crippen molar-refractivity contribution in [3.05, 3.63) is 23.7 Å². The molecule has 30 heavy (non-hydrogen) atoms. The first-order chi connectivity index (χ1) is 14.5. The minimum absolute atomic E-state index is 0.0567. The lowest BCUT2D eigenvalue weighted by Gasteiger charge is -2.39. The summed E-state index contributed by atoms with van der Waals surface area (Å²) in [7, 11) is 1.95. The van der Waals surface area contributed by atoms with Crippen LogP contribution in [0.15, 0.2) is 12.4 Å². The number of carbonyl (C=O) groups excluding carboxylic acids is 2. The normalized spacial score (nSPS) is 20.7. The quantitative estimate of drug-likeness (QED) is 0.733. The number of hydrogen-bond donors (Lipinski definition) is 2. The fourth-order valence-electron chi connectivity index (χ4n) is 4.78. The topological polar surface area (TPSA) is 106 Å². The van der Waals surface area contributed by atoms with E-state index in [-0.39, 0.29) is 23.7 Å². The van der Waals surface area contributed by atoms with E-state index in [9.17, 15) is 9.59 Å². The fourth-order valence-corrected chi connectivity index (χ4v) is 4.78. The molecule has 1 atom stereocenters. The number of aromatic nitrogens is 3. The Labute approximate surface area is 175 Å². The maximum Gasteiger partial charge on any atom is 0.306 e. The first-order valence-electron chi connectivity index (χ1n) is 10.9. The molecule has 0 spiro atoms. The number of carbonyl (C=O) groups is 2. The lowest BCUT2D eigenvalue weighted by atomic mass is 9.93. The number of likely N-dealkylation sites (tertiary alicyclic amines) is 1. The van der Waals surface area contributed by atoms with Crippen LogP contribution in [0.1, 0.15) is 60.5 Å². The van der Waals surface area contributed by atoms with Gasteiger partial charge in [-0.05, 0) is 31.6 Å². The molecular formula is C22H27N6O2+. The molecule has 5 rings (SSSR count). The highest BCUT2D eigenvalue weighted by Gasteiger charge is 2.40. The van der Waals surface area contributed by atoms with Gasteiger partial charge in [0.1, 0.15) is 24.0 Å². The van der Waals surface area contributed by atoms with Crippen molar-refractivity contribution in [3.63, 3.8) is 0 Å². The van der Waals surface area contributed by atoms with Crippen LogP contribution in [0.25, 0.3) is 11.2 Å². The molecule has 2 saturated carbocycles. The van der Waals surface area contributed by atoms with Crippen LogP contribution in [-0.4, -0.2) is 45.8 Å². The Morgan fingerprint density at radius 3 is 2.70 bits per heavy atom. The number of nitrogens with one attached hydrogen (secondary N) is 2. The minimum atomic E-state index is -0.537. The highest BCUT2D eigenvalue weighted by molar-refractivity contribution is 6.05. The van der Waals surface area contributed by atoms with Gasteiger partial charge >= 0.3 is 5.65 Å². The molecule has 156 valence electrons. The van der Waals surface area contributed by atoms with Crippen LogP contribution in [0.5, 0.6) is 0 Å². The van der Waals surface area contributed by atoms with Gasteiger partial charge in [-0.1, -0.05) is 12.8 Å². The molecule has 8 nitrogen and oxygen atoms in total. The Kier molecular flexibility index (Phi) is 4.69. The summed E-state index contributed by atoms with van der Waals surface area (Å²) < 4.78 is 1.98. The van der Waals surface area contributed by atoms with Gasteiger partial charge in [-0.25, -0.2) is 14.5 Å². The van der Waals surface area contributed by atoms with Crippen molar-refractivity contribution in [2.45, 2.75) is 50.5 Å². The number of nitrogens with zero attached hydrogens (tertiary/aromatic N) is 4. The predicted molar refractivity (Wildman–Crippen MR) is 108 cm³/mol. The number of hydrogen-bond acceptors (Lipinski definition) is 4. The summed E-state index contributed by atoms with van der Waals surface area (Å²) in [6.07, 6.45) is 10.1. The van der Waals surface area contributed by atoms with Crippen LogP contribution >= 0.6 is 0 Å².